The Bertz CT molecular complexity index is 4660. The van der Waals surface area contributed by atoms with Gasteiger partial charge in [0.15, 0.2) is 46.0 Å². The van der Waals surface area contributed by atoms with Gasteiger partial charge in [-0.25, -0.2) is 4.79 Å². The van der Waals surface area contributed by atoms with Crippen LogP contribution in [0.5, 0.6) is 80.5 Å². The van der Waals surface area contributed by atoms with E-state index < -0.39 is 11.9 Å². The second-order valence-electron chi connectivity index (χ2n) is 27.2. The molecule has 8 heterocycles. The highest BCUT2D eigenvalue weighted by Crippen LogP contribution is 2.57. The number of likely N-dealkylation sites (N-methyl/N-ethyl adjacent to an activating group) is 4. The predicted octanol–water partition coefficient (Wildman–Crippen LogP) is 17.5. The molecule has 16 nitrogen and oxygen atoms in total. The molecule has 0 saturated carbocycles. The lowest BCUT2D eigenvalue weighted by Gasteiger charge is -2.38. The molecule has 0 saturated heterocycles. The van der Waals surface area contributed by atoms with Gasteiger partial charge in [-0.15, -0.1) is 0 Å². The summed E-state index contributed by atoms with van der Waals surface area (Å²) >= 11 is 11.1. The maximum Gasteiger partial charge on any atom is 0.343 e. The number of nitrogens with zero attached hydrogens (tertiary/aromatic N) is 4. The van der Waals surface area contributed by atoms with E-state index in [1.165, 1.54) is 40.3 Å². The van der Waals surface area contributed by atoms with E-state index in [1.54, 1.807) is 52.7 Å². The van der Waals surface area contributed by atoms with E-state index in [4.69, 9.17) is 59.0 Å². The number of hydrogen-bond donors (Lipinski definition) is 0. The zero-order valence-corrected chi connectivity index (χ0v) is 61.4. The summed E-state index contributed by atoms with van der Waals surface area (Å²) < 4.78 is 63.5. The monoisotopic (exact) mass is 1440 g/mol. The number of carbonyl (C=O) groups is 2. The number of esters is 2. The number of benzene rings is 9. The van der Waals surface area contributed by atoms with Gasteiger partial charge in [0, 0.05) is 68.4 Å². The lowest BCUT2D eigenvalue weighted by molar-refractivity contribution is -0.132. The first-order valence-corrected chi connectivity index (χ1v) is 35.6. The van der Waals surface area contributed by atoms with Crippen molar-refractivity contribution in [2.45, 2.75) is 96.3 Å². The van der Waals surface area contributed by atoms with Crippen molar-refractivity contribution in [3.05, 3.63) is 232 Å². The summed E-state index contributed by atoms with van der Waals surface area (Å²) in [5, 5.41) is 0.414. The first kappa shape index (κ1) is 69.0. The number of fused-ring (bicyclic) bond motifs is 4. The highest BCUT2D eigenvalue weighted by Gasteiger charge is 2.40. The quantitative estimate of drug-likeness (QED) is 0.110. The van der Waals surface area contributed by atoms with Crippen LogP contribution >= 0.6 is 27.5 Å². The van der Waals surface area contributed by atoms with E-state index in [0.29, 0.717) is 75.8 Å². The number of carbonyl (C=O) groups excluding carboxylic acids is 2. The molecule has 0 spiro atoms. The summed E-state index contributed by atoms with van der Waals surface area (Å²) in [5.41, 5.74) is 15.8. The lowest BCUT2D eigenvalue weighted by Crippen LogP contribution is -2.34. The molecule has 12 bridgehead atoms. The Morgan fingerprint density at radius 2 is 0.881 bits per heavy atom. The zero-order chi connectivity index (χ0) is 70.5. The summed E-state index contributed by atoms with van der Waals surface area (Å²) in [4.78, 5) is 35.9. The van der Waals surface area contributed by atoms with Crippen molar-refractivity contribution in [3.8, 4) is 80.5 Å². The molecule has 9 aromatic rings. The van der Waals surface area contributed by atoms with Crippen LogP contribution in [0.4, 0.5) is 0 Å². The molecule has 0 unspecified atom stereocenters. The minimum absolute atomic E-state index is 0.114. The van der Waals surface area contributed by atoms with Crippen LogP contribution in [0.1, 0.15) is 119 Å². The molecule has 0 N–H and O–H groups in total. The van der Waals surface area contributed by atoms with E-state index in [1.807, 2.05) is 48.5 Å². The molecule has 8 aliphatic rings. The molecule has 0 amide bonds. The molecule has 0 fully saturated rings. The van der Waals surface area contributed by atoms with Crippen LogP contribution in [0, 0.1) is 13.8 Å². The standard InChI is InChI=1S/C44H43ClN2O6.C39H41BrN2O6/c1-26-21-30-17-19-46(2)34-22-27-11-14-31(15-12-27)51-38-24-28(13-16-36(38)49-4)23-35-39-32(18-20-47(35)3)40(45)42(50-5)43(41(39)52-37(26)25-33(30)34)53-44(48)29-9-7-6-8-10-29;1-22-17-26-13-15-41(3)30-18-24-7-10-27(11-8-24)47-34-20-25(9-12-32(34)44-5)19-31-35-28(14-16-42(31)4)36(40)38(45-6)39(46-23(2)43)37(35)48-33(22)21-29(26)30/h6-16,21,24-25,34-35H,17-20,22-23H2,1-5H3;7-12,17,20-21,30-31H,13-16,18-19H2,1-6H3/t34-,35-;30-,31-/m00/s1. The maximum atomic E-state index is 13.8. The average Bonchev–Trinajstić information content (AvgIpc) is 0.744. The molecule has 0 aromatic heterocycles. The molecule has 101 heavy (non-hydrogen) atoms. The van der Waals surface area contributed by atoms with Gasteiger partial charge in [-0.05, 0) is 249 Å². The van der Waals surface area contributed by atoms with Gasteiger partial charge in [0.05, 0.1) is 43.5 Å². The largest absolute Gasteiger partial charge is 0.493 e. The van der Waals surface area contributed by atoms with Crippen LogP contribution in [0.3, 0.4) is 0 Å². The summed E-state index contributed by atoms with van der Waals surface area (Å²) in [5.74, 6) is 6.57. The summed E-state index contributed by atoms with van der Waals surface area (Å²) in [6, 6.07) is 46.6. The molecule has 0 radical (unpaired) electrons. The van der Waals surface area contributed by atoms with Gasteiger partial charge in [-0.2, -0.15) is 0 Å². The average molecular weight is 1440 g/mol. The third-order valence-electron chi connectivity index (χ3n) is 20.9. The third kappa shape index (κ3) is 13.7. The van der Waals surface area contributed by atoms with Gasteiger partial charge in [0.25, 0.3) is 0 Å². The van der Waals surface area contributed by atoms with Gasteiger partial charge < -0.3 is 47.4 Å². The number of ether oxygens (including phenoxy) is 10. The number of aryl methyl sites for hydroxylation is 2. The Morgan fingerprint density at radius 1 is 0.455 bits per heavy atom. The molecular weight excluding hydrogens is 1360 g/mol. The molecule has 9 aromatic carbocycles. The van der Waals surface area contributed by atoms with Crippen molar-refractivity contribution >= 4 is 39.5 Å². The molecule has 0 aliphatic carbocycles. The molecule has 18 heteroatoms. The van der Waals surface area contributed by atoms with Crippen LogP contribution in [-0.2, 0) is 56.2 Å². The Kier molecular flexibility index (Phi) is 19.9. The fourth-order valence-electron chi connectivity index (χ4n) is 15.4. The van der Waals surface area contributed by atoms with Gasteiger partial charge in [0.1, 0.15) is 23.0 Å². The smallest absolute Gasteiger partial charge is 0.343 e. The predicted molar refractivity (Wildman–Crippen MR) is 394 cm³/mol. The van der Waals surface area contributed by atoms with E-state index in [2.05, 4.69) is 144 Å². The number of methoxy groups -OCH3 is 4. The molecule has 17 rings (SSSR count). The van der Waals surface area contributed by atoms with Gasteiger partial charge >= 0.3 is 11.9 Å². The van der Waals surface area contributed by atoms with Crippen molar-refractivity contribution in [2.75, 3.05) is 82.8 Å². The van der Waals surface area contributed by atoms with Crippen LogP contribution in [-0.4, -0.2) is 114 Å². The van der Waals surface area contributed by atoms with Crippen LogP contribution in [0.15, 0.2) is 144 Å². The summed E-state index contributed by atoms with van der Waals surface area (Å²) in [6.45, 7) is 9.06. The highest BCUT2D eigenvalue weighted by molar-refractivity contribution is 9.10. The Balaban J connectivity index is 0.000000172. The van der Waals surface area contributed by atoms with Crippen molar-refractivity contribution < 1.29 is 57.0 Å². The molecular formula is C83H84BrClN4O12. The topological polar surface area (TPSA) is 139 Å². The Hall–Kier alpha value is -9.07. The number of hydrogen-bond acceptors (Lipinski definition) is 16. The van der Waals surface area contributed by atoms with E-state index in [0.717, 1.165) is 125 Å². The van der Waals surface area contributed by atoms with Crippen LogP contribution in [0.25, 0.3) is 0 Å². The fraction of sp³-hybridized carbons (Fsp3) is 0.325. The summed E-state index contributed by atoms with van der Waals surface area (Å²) in [7, 11) is 15.0. The van der Waals surface area contributed by atoms with E-state index in [-0.39, 0.29) is 41.4 Å². The van der Waals surface area contributed by atoms with Gasteiger partial charge in [-0.3, -0.25) is 24.4 Å². The first-order chi connectivity index (χ1) is 48.9. The van der Waals surface area contributed by atoms with Crippen molar-refractivity contribution in [2.24, 2.45) is 0 Å². The van der Waals surface area contributed by atoms with Crippen molar-refractivity contribution in [1.82, 2.24) is 19.6 Å². The third-order valence-corrected chi connectivity index (χ3v) is 22.2. The normalized spacial score (nSPS) is 18.5. The van der Waals surface area contributed by atoms with Crippen LogP contribution in [0.2, 0.25) is 5.02 Å². The number of rotatable bonds is 7. The minimum atomic E-state index is -0.536. The van der Waals surface area contributed by atoms with Crippen LogP contribution < -0.4 is 47.4 Å². The Morgan fingerprint density at radius 3 is 1.35 bits per heavy atom. The summed E-state index contributed by atoms with van der Waals surface area (Å²) in [6.07, 6.45) is 6.19. The number of halogens is 2. The first-order valence-electron chi connectivity index (χ1n) is 34.5. The van der Waals surface area contributed by atoms with E-state index in [9.17, 15) is 9.59 Å². The Labute approximate surface area is 604 Å². The van der Waals surface area contributed by atoms with Gasteiger partial charge in [0.2, 0.25) is 11.5 Å². The molecule has 8 aliphatic heterocycles. The van der Waals surface area contributed by atoms with Gasteiger partial charge in [-0.1, -0.05) is 78.3 Å². The van der Waals surface area contributed by atoms with Crippen molar-refractivity contribution in [3.63, 3.8) is 0 Å². The second kappa shape index (κ2) is 29.1. The van der Waals surface area contributed by atoms with E-state index >= 15 is 0 Å². The highest BCUT2D eigenvalue weighted by atomic mass is 79.9. The fourth-order valence-corrected chi connectivity index (χ4v) is 16.5. The zero-order valence-electron chi connectivity index (χ0n) is 59.0. The van der Waals surface area contributed by atoms with Crippen molar-refractivity contribution in [1.29, 1.82) is 0 Å². The maximum absolute atomic E-state index is 13.8. The molecule has 4 atom stereocenters. The lowest BCUT2D eigenvalue weighted by atomic mass is 9.86. The minimum Gasteiger partial charge on any atom is -0.493 e. The SMILES string of the molecule is COc1ccc2cc1Oc1ccc(cc1)C[C@H]1c3cc(c(C)cc3CCN1C)Oc1c(OC(=O)c3ccccc3)c(OC)c(Cl)c3c1[C@H](C2)N(C)CC3.COc1ccc2cc1Oc1ccc(cc1)C[C@H]1c3cc(c(C)cc3CCN1C)Oc1c(OC(C)=O)c(OC)c(Br)c3c1[C@H](C2)N(C)CC3. The second-order valence-corrected chi connectivity index (χ2v) is 28.4. The molecule has 522 valence electrons.